The molecule has 0 bridgehead atoms. The molecule has 3 rings (SSSR count). The predicted molar refractivity (Wildman–Crippen MR) is 107 cm³/mol. The Morgan fingerprint density at radius 1 is 1.43 bits per heavy atom. The quantitative estimate of drug-likeness (QED) is 0.343. The number of fused-ring (bicyclic) bond motifs is 1. The van der Waals surface area contributed by atoms with E-state index in [9.17, 15) is 14.9 Å². The molecule has 1 N–H and O–H groups in total. The van der Waals surface area contributed by atoms with Gasteiger partial charge in [0, 0.05) is 16.0 Å². The van der Waals surface area contributed by atoms with Crippen LogP contribution in [0.1, 0.15) is 61.2 Å². The van der Waals surface area contributed by atoms with Gasteiger partial charge in [-0.25, -0.2) is 9.79 Å². The molecule has 1 aliphatic rings. The lowest BCUT2D eigenvalue weighted by Gasteiger charge is -2.42. The van der Waals surface area contributed by atoms with Crippen molar-refractivity contribution < 1.29 is 18.9 Å². The molecule has 0 fully saturated rings. The third-order valence-electron chi connectivity index (χ3n) is 4.41. The molecular formula is C19H23N3O5S. The molecule has 0 saturated carbocycles. The standard InChI is InChI=1S/C19H23N3O5S/c1-6-26-17(23)14-12-9-18(2,3)21-19(4,5)15(12)28-16(14)20-10-11-7-8-13(27-11)22(24)25/h7-8,10,21H,6,9H2,1-5H3. The number of aliphatic imine (C=N–C) groups is 1. The molecule has 150 valence electrons. The Hall–Kier alpha value is -2.52. The van der Waals surface area contributed by atoms with Gasteiger partial charge in [-0.15, -0.1) is 11.3 Å². The average molecular weight is 405 g/mol. The van der Waals surface area contributed by atoms with Crippen LogP contribution in [0.25, 0.3) is 0 Å². The third-order valence-corrected chi connectivity index (χ3v) is 5.87. The number of hydrogen-bond donors (Lipinski definition) is 1. The molecule has 2 aromatic heterocycles. The molecule has 0 atom stereocenters. The van der Waals surface area contributed by atoms with Gasteiger partial charge in [0.1, 0.15) is 9.92 Å². The first-order valence-electron chi connectivity index (χ1n) is 8.95. The maximum atomic E-state index is 12.7. The van der Waals surface area contributed by atoms with E-state index in [-0.39, 0.29) is 29.3 Å². The zero-order valence-electron chi connectivity index (χ0n) is 16.5. The lowest BCUT2D eigenvalue weighted by Crippen LogP contribution is -2.55. The van der Waals surface area contributed by atoms with Crippen LogP contribution in [0.5, 0.6) is 0 Å². The molecule has 3 heterocycles. The van der Waals surface area contributed by atoms with Crippen molar-refractivity contribution in [3.63, 3.8) is 0 Å². The van der Waals surface area contributed by atoms with Crippen molar-refractivity contribution in [2.75, 3.05) is 6.61 Å². The summed E-state index contributed by atoms with van der Waals surface area (Å²) in [5, 5.41) is 14.9. The number of esters is 1. The van der Waals surface area contributed by atoms with E-state index >= 15 is 0 Å². The summed E-state index contributed by atoms with van der Waals surface area (Å²) < 4.78 is 10.4. The Morgan fingerprint density at radius 3 is 2.75 bits per heavy atom. The van der Waals surface area contributed by atoms with Crippen molar-refractivity contribution in [1.82, 2.24) is 5.32 Å². The van der Waals surface area contributed by atoms with E-state index in [1.54, 1.807) is 6.92 Å². The van der Waals surface area contributed by atoms with Crippen molar-refractivity contribution in [1.29, 1.82) is 0 Å². The molecule has 0 spiro atoms. The largest absolute Gasteiger partial charge is 0.462 e. The first-order valence-corrected chi connectivity index (χ1v) is 9.76. The maximum Gasteiger partial charge on any atom is 0.433 e. The molecule has 8 nitrogen and oxygen atoms in total. The van der Waals surface area contributed by atoms with Gasteiger partial charge in [-0.2, -0.15) is 0 Å². The van der Waals surface area contributed by atoms with Crippen LogP contribution in [0.15, 0.2) is 21.5 Å². The molecule has 28 heavy (non-hydrogen) atoms. The highest BCUT2D eigenvalue weighted by Gasteiger charge is 2.41. The highest BCUT2D eigenvalue weighted by Crippen LogP contribution is 2.46. The van der Waals surface area contributed by atoms with Gasteiger partial charge in [0.05, 0.1) is 24.5 Å². The van der Waals surface area contributed by atoms with E-state index in [0.29, 0.717) is 17.0 Å². The van der Waals surface area contributed by atoms with Crippen LogP contribution >= 0.6 is 11.3 Å². The van der Waals surface area contributed by atoms with Gasteiger partial charge in [-0.05, 0) is 52.7 Å². The van der Waals surface area contributed by atoms with Crippen LogP contribution in [-0.4, -0.2) is 29.3 Å². The van der Waals surface area contributed by atoms with E-state index in [4.69, 9.17) is 9.15 Å². The van der Waals surface area contributed by atoms with Crippen molar-refractivity contribution in [3.05, 3.63) is 44.0 Å². The Morgan fingerprint density at radius 2 is 2.14 bits per heavy atom. The fraction of sp³-hybridized carbons (Fsp3) is 0.474. The summed E-state index contributed by atoms with van der Waals surface area (Å²) in [5.74, 6) is -0.527. The summed E-state index contributed by atoms with van der Waals surface area (Å²) in [7, 11) is 0. The summed E-state index contributed by atoms with van der Waals surface area (Å²) in [6.07, 6.45) is 2.05. The van der Waals surface area contributed by atoms with E-state index < -0.39 is 10.9 Å². The highest BCUT2D eigenvalue weighted by molar-refractivity contribution is 7.16. The number of ether oxygens (including phenoxy) is 1. The van der Waals surface area contributed by atoms with Crippen molar-refractivity contribution in [3.8, 4) is 0 Å². The number of carbonyl (C=O) groups excluding carboxylic acids is 1. The van der Waals surface area contributed by atoms with Gasteiger partial charge in [0.15, 0.2) is 5.76 Å². The van der Waals surface area contributed by atoms with Gasteiger partial charge >= 0.3 is 11.9 Å². The fourth-order valence-electron chi connectivity index (χ4n) is 3.65. The average Bonchev–Trinajstić information content (AvgIpc) is 3.16. The lowest BCUT2D eigenvalue weighted by atomic mass is 9.81. The van der Waals surface area contributed by atoms with E-state index in [2.05, 4.69) is 38.0 Å². The monoisotopic (exact) mass is 405 g/mol. The normalized spacial score (nSPS) is 17.5. The Bertz CT molecular complexity index is 955. The molecule has 0 aliphatic carbocycles. The molecule has 0 saturated heterocycles. The summed E-state index contributed by atoms with van der Waals surface area (Å²) in [5.41, 5.74) is 0.873. The number of carbonyl (C=O) groups is 1. The SMILES string of the molecule is CCOC(=O)c1c(N=Cc2ccc([N+](=O)[O-])o2)sc2c1CC(C)(C)NC2(C)C. The van der Waals surface area contributed by atoms with Gasteiger partial charge < -0.3 is 14.5 Å². The van der Waals surface area contributed by atoms with Crippen LogP contribution < -0.4 is 5.32 Å². The van der Waals surface area contributed by atoms with Crippen LogP contribution in [0.4, 0.5) is 10.9 Å². The van der Waals surface area contributed by atoms with Gasteiger partial charge in [-0.1, -0.05) is 0 Å². The van der Waals surface area contributed by atoms with Gasteiger partial charge in [0.2, 0.25) is 0 Å². The van der Waals surface area contributed by atoms with E-state index in [1.807, 2.05) is 0 Å². The number of thiophene rings is 1. The number of rotatable bonds is 5. The number of nitrogens with zero attached hydrogens (tertiary/aromatic N) is 2. The Labute approximate surface area is 166 Å². The van der Waals surface area contributed by atoms with E-state index in [0.717, 1.165) is 10.4 Å². The second-order valence-corrected chi connectivity index (χ2v) is 8.81. The predicted octanol–water partition coefficient (Wildman–Crippen LogP) is 4.34. The zero-order chi connectivity index (χ0) is 20.7. The Kier molecular flexibility index (Phi) is 5.16. The number of nitro groups is 1. The van der Waals surface area contributed by atoms with Crippen LogP contribution in [0.2, 0.25) is 0 Å². The molecule has 0 aromatic carbocycles. The highest BCUT2D eigenvalue weighted by atomic mass is 32.1. The molecule has 0 unspecified atom stereocenters. The minimum absolute atomic E-state index is 0.193. The maximum absolute atomic E-state index is 12.7. The van der Waals surface area contributed by atoms with Gasteiger partial charge in [-0.3, -0.25) is 10.1 Å². The zero-order valence-corrected chi connectivity index (χ0v) is 17.3. The van der Waals surface area contributed by atoms with Crippen LogP contribution in [0, 0.1) is 10.1 Å². The molecule has 0 radical (unpaired) electrons. The topological polar surface area (TPSA) is 107 Å². The summed E-state index contributed by atoms with van der Waals surface area (Å²) in [6.45, 7) is 10.4. The summed E-state index contributed by atoms with van der Waals surface area (Å²) in [6, 6.07) is 2.73. The minimum atomic E-state index is -0.610. The van der Waals surface area contributed by atoms with E-state index in [1.165, 1.54) is 29.7 Å². The summed E-state index contributed by atoms with van der Waals surface area (Å²) >= 11 is 1.42. The third kappa shape index (κ3) is 3.85. The first-order chi connectivity index (χ1) is 13.0. The number of hydrogen-bond acceptors (Lipinski definition) is 8. The molecule has 2 aromatic rings. The molecular weight excluding hydrogens is 382 g/mol. The van der Waals surface area contributed by atoms with Crippen molar-refractivity contribution >= 4 is 34.4 Å². The van der Waals surface area contributed by atoms with Gasteiger partial charge in [0.25, 0.3) is 0 Å². The molecule has 0 amide bonds. The van der Waals surface area contributed by atoms with Crippen LogP contribution in [0.3, 0.4) is 0 Å². The minimum Gasteiger partial charge on any atom is -0.462 e. The van der Waals surface area contributed by atoms with Crippen molar-refractivity contribution in [2.24, 2.45) is 4.99 Å². The number of nitrogens with one attached hydrogen (secondary N) is 1. The summed E-state index contributed by atoms with van der Waals surface area (Å²) in [4.78, 5) is 28.3. The molecule has 9 heteroatoms. The Balaban J connectivity index is 2.07. The van der Waals surface area contributed by atoms with Crippen LogP contribution in [-0.2, 0) is 16.7 Å². The van der Waals surface area contributed by atoms with Crippen molar-refractivity contribution in [2.45, 2.75) is 52.1 Å². The number of furan rings is 1. The second kappa shape index (κ2) is 7.14. The first kappa shape index (κ1) is 20.2. The smallest absolute Gasteiger partial charge is 0.433 e. The lowest BCUT2D eigenvalue weighted by molar-refractivity contribution is -0.402. The molecule has 1 aliphatic heterocycles. The second-order valence-electron chi connectivity index (χ2n) is 7.81. The fourth-order valence-corrected chi connectivity index (χ4v) is 4.86.